The number of hydrogen-bond acceptors (Lipinski definition) is 3. The first-order valence-corrected chi connectivity index (χ1v) is 8.53. The standard InChI is InChI=1S/C18H19FN4O2/c19-14-5-3-13(4-6-14)12-22-9-10-23-16(18(22)25)11-15(20-23)17(24)21-7-1-2-8-21/h3-6,11H,1-2,7-10,12H2. The number of halogens is 1. The van der Waals surface area contributed by atoms with Crippen LogP contribution in [-0.2, 0) is 13.1 Å². The van der Waals surface area contributed by atoms with Crippen LogP contribution in [0.15, 0.2) is 30.3 Å². The molecule has 1 fully saturated rings. The van der Waals surface area contributed by atoms with Crippen LogP contribution < -0.4 is 0 Å². The molecule has 25 heavy (non-hydrogen) atoms. The highest BCUT2D eigenvalue weighted by Gasteiger charge is 2.29. The van der Waals surface area contributed by atoms with Gasteiger partial charge in [-0.15, -0.1) is 0 Å². The number of nitrogens with zero attached hydrogens (tertiary/aromatic N) is 4. The van der Waals surface area contributed by atoms with Gasteiger partial charge >= 0.3 is 0 Å². The zero-order chi connectivity index (χ0) is 17.4. The Morgan fingerprint density at radius 2 is 1.80 bits per heavy atom. The van der Waals surface area contributed by atoms with E-state index >= 15 is 0 Å². The fourth-order valence-corrected chi connectivity index (χ4v) is 3.39. The van der Waals surface area contributed by atoms with E-state index in [4.69, 9.17) is 0 Å². The minimum atomic E-state index is -0.295. The van der Waals surface area contributed by atoms with Gasteiger partial charge in [-0.2, -0.15) is 5.10 Å². The van der Waals surface area contributed by atoms with Crippen LogP contribution in [0.4, 0.5) is 4.39 Å². The van der Waals surface area contributed by atoms with Gasteiger partial charge in [0.1, 0.15) is 11.5 Å². The fourth-order valence-electron chi connectivity index (χ4n) is 3.39. The highest BCUT2D eigenvalue weighted by Crippen LogP contribution is 2.19. The molecule has 6 nitrogen and oxygen atoms in total. The fraction of sp³-hybridized carbons (Fsp3) is 0.389. The van der Waals surface area contributed by atoms with Crippen molar-refractivity contribution in [2.45, 2.75) is 25.9 Å². The Balaban J connectivity index is 1.52. The van der Waals surface area contributed by atoms with Crippen LogP contribution in [0.3, 0.4) is 0 Å². The van der Waals surface area contributed by atoms with E-state index in [0.717, 1.165) is 31.5 Å². The summed E-state index contributed by atoms with van der Waals surface area (Å²) < 4.78 is 14.6. The maximum absolute atomic E-state index is 13.0. The van der Waals surface area contributed by atoms with E-state index in [9.17, 15) is 14.0 Å². The Bertz CT molecular complexity index is 809. The Kier molecular flexibility index (Phi) is 3.99. The van der Waals surface area contributed by atoms with Gasteiger partial charge in [0.2, 0.25) is 0 Å². The molecular weight excluding hydrogens is 323 g/mol. The number of aromatic nitrogens is 2. The van der Waals surface area contributed by atoms with E-state index in [0.29, 0.717) is 31.0 Å². The van der Waals surface area contributed by atoms with Crippen molar-refractivity contribution in [2.24, 2.45) is 0 Å². The normalized spacial score (nSPS) is 17.1. The maximum Gasteiger partial charge on any atom is 0.274 e. The van der Waals surface area contributed by atoms with Crippen LogP contribution in [0.1, 0.15) is 39.4 Å². The molecule has 3 heterocycles. The van der Waals surface area contributed by atoms with Gasteiger partial charge in [-0.25, -0.2) is 4.39 Å². The Morgan fingerprint density at radius 3 is 2.52 bits per heavy atom. The summed E-state index contributed by atoms with van der Waals surface area (Å²) in [5.41, 5.74) is 1.65. The lowest BCUT2D eigenvalue weighted by molar-refractivity contribution is 0.0682. The third-order valence-corrected chi connectivity index (χ3v) is 4.77. The molecular formula is C18H19FN4O2. The van der Waals surface area contributed by atoms with Gasteiger partial charge < -0.3 is 9.80 Å². The summed E-state index contributed by atoms with van der Waals surface area (Å²) in [4.78, 5) is 28.7. The van der Waals surface area contributed by atoms with Crippen molar-refractivity contribution in [1.29, 1.82) is 0 Å². The van der Waals surface area contributed by atoms with Crippen molar-refractivity contribution >= 4 is 11.8 Å². The number of carbonyl (C=O) groups excluding carboxylic acids is 2. The van der Waals surface area contributed by atoms with E-state index in [-0.39, 0.29) is 17.6 Å². The molecule has 0 atom stereocenters. The van der Waals surface area contributed by atoms with E-state index in [1.54, 1.807) is 32.7 Å². The van der Waals surface area contributed by atoms with Crippen LogP contribution >= 0.6 is 0 Å². The minimum Gasteiger partial charge on any atom is -0.337 e. The number of benzene rings is 1. The number of hydrogen-bond donors (Lipinski definition) is 0. The van der Waals surface area contributed by atoms with E-state index < -0.39 is 0 Å². The summed E-state index contributed by atoms with van der Waals surface area (Å²) in [7, 11) is 0. The second kappa shape index (κ2) is 6.31. The van der Waals surface area contributed by atoms with Gasteiger partial charge in [-0.1, -0.05) is 12.1 Å². The van der Waals surface area contributed by atoms with E-state index in [1.807, 2.05) is 0 Å². The first kappa shape index (κ1) is 15.8. The molecule has 130 valence electrons. The molecule has 0 N–H and O–H groups in total. The monoisotopic (exact) mass is 342 g/mol. The molecule has 2 aliphatic heterocycles. The minimum absolute atomic E-state index is 0.0997. The summed E-state index contributed by atoms with van der Waals surface area (Å²) in [6.45, 7) is 2.99. The van der Waals surface area contributed by atoms with Crippen molar-refractivity contribution in [3.63, 3.8) is 0 Å². The molecule has 0 spiro atoms. The lowest BCUT2D eigenvalue weighted by Crippen LogP contribution is -2.39. The van der Waals surface area contributed by atoms with Gasteiger partial charge in [0, 0.05) is 32.2 Å². The topological polar surface area (TPSA) is 58.4 Å². The van der Waals surface area contributed by atoms with Crippen LogP contribution in [-0.4, -0.2) is 51.0 Å². The quantitative estimate of drug-likeness (QED) is 0.856. The first-order chi connectivity index (χ1) is 12.1. The van der Waals surface area contributed by atoms with E-state index in [1.165, 1.54) is 12.1 Å². The molecule has 0 unspecified atom stereocenters. The molecule has 0 saturated carbocycles. The largest absolute Gasteiger partial charge is 0.337 e. The molecule has 0 bridgehead atoms. The molecule has 1 aromatic carbocycles. The summed E-state index contributed by atoms with van der Waals surface area (Å²) >= 11 is 0. The van der Waals surface area contributed by atoms with Gasteiger partial charge in [-0.3, -0.25) is 14.3 Å². The number of carbonyl (C=O) groups is 2. The summed E-state index contributed by atoms with van der Waals surface area (Å²) in [5.74, 6) is -0.544. The Labute approximate surface area is 144 Å². The third-order valence-electron chi connectivity index (χ3n) is 4.77. The summed E-state index contributed by atoms with van der Waals surface area (Å²) in [5, 5.41) is 4.33. The molecule has 2 amide bonds. The molecule has 2 aliphatic rings. The summed E-state index contributed by atoms with van der Waals surface area (Å²) in [6.07, 6.45) is 2.04. The Hall–Kier alpha value is -2.70. The lowest BCUT2D eigenvalue weighted by Gasteiger charge is -2.27. The van der Waals surface area contributed by atoms with Gasteiger partial charge in [0.05, 0.1) is 6.54 Å². The van der Waals surface area contributed by atoms with Crippen molar-refractivity contribution in [2.75, 3.05) is 19.6 Å². The van der Waals surface area contributed by atoms with Gasteiger partial charge in [0.25, 0.3) is 11.8 Å². The number of rotatable bonds is 3. The SMILES string of the molecule is O=C(c1cc2n(n1)CCN(Cc1ccc(F)cc1)C2=O)N1CCCC1. The van der Waals surface area contributed by atoms with Crippen molar-refractivity contribution in [3.8, 4) is 0 Å². The molecule has 0 radical (unpaired) electrons. The maximum atomic E-state index is 13.0. The highest BCUT2D eigenvalue weighted by atomic mass is 19.1. The lowest BCUT2D eigenvalue weighted by atomic mass is 10.2. The zero-order valence-corrected chi connectivity index (χ0v) is 13.8. The average molecular weight is 342 g/mol. The summed E-state index contributed by atoms with van der Waals surface area (Å²) in [6, 6.07) is 7.73. The second-order valence-electron chi connectivity index (χ2n) is 6.49. The first-order valence-electron chi connectivity index (χ1n) is 8.53. The van der Waals surface area contributed by atoms with Gasteiger partial charge in [-0.05, 0) is 30.5 Å². The predicted molar refractivity (Wildman–Crippen MR) is 88.5 cm³/mol. The molecule has 7 heteroatoms. The molecule has 4 rings (SSSR count). The number of fused-ring (bicyclic) bond motifs is 1. The molecule has 1 saturated heterocycles. The van der Waals surface area contributed by atoms with Crippen molar-refractivity contribution < 1.29 is 14.0 Å². The van der Waals surface area contributed by atoms with E-state index in [2.05, 4.69) is 5.10 Å². The molecule has 0 aliphatic carbocycles. The Morgan fingerprint density at radius 1 is 1.08 bits per heavy atom. The van der Waals surface area contributed by atoms with Crippen LogP contribution in [0.2, 0.25) is 0 Å². The smallest absolute Gasteiger partial charge is 0.274 e. The van der Waals surface area contributed by atoms with Crippen LogP contribution in [0.5, 0.6) is 0 Å². The van der Waals surface area contributed by atoms with Crippen molar-refractivity contribution in [1.82, 2.24) is 19.6 Å². The molecule has 2 aromatic rings. The zero-order valence-electron chi connectivity index (χ0n) is 13.8. The second-order valence-corrected chi connectivity index (χ2v) is 6.49. The highest BCUT2D eigenvalue weighted by molar-refractivity contribution is 5.98. The number of amides is 2. The predicted octanol–water partition coefficient (Wildman–Crippen LogP) is 1.91. The van der Waals surface area contributed by atoms with Gasteiger partial charge in [0.15, 0.2) is 5.69 Å². The van der Waals surface area contributed by atoms with Crippen LogP contribution in [0, 0.1) is 5.82 Å². The van der Waals surface area contributed by atoms with Crippen LogP contribution in [0.25, 0.3) is 0 Å². The molecule has 1 aromatic heterocycles. The van der Waals surface area contributed by atoms with Crippen molar-refractivity contribution in [3.05, 3.63) is 53.1 Å². The number of likely N-dealkylation sites (tertiary alicyclic amines) is 1. The third kappa shape index (κ3) is 3.01. The average Bonchev–Trinajstić information content (AvgIpc) is 3.28.